The van der Waals surface area contributed by atoms with Crippen molar-refractivity contribution in [2.24, 2.45) is 0 Å². The molecular weight excluding hydrogens is 264 g/mol. The Bertz CT molecular complexity index is 612. The van der Waals surface area contributed by atoms with E-state index in [4.69, 9.17) is 9.84 Å². The molecule has 0 saturated heterocycles. The van der Waals surface area contributed by atoms with E-state index in [1.54, 1.807) is 7.11 Å². The number of aliphatic hydroxyl groups is 1. The summed E-state index contributed by atoms with van der Waals surface area (Å²) in [6, 6.07) is 7.92. The van der Waals surface area contributed by atoms with Crippen LogP contribution >= 0.6 is 0 Å². The molecule has 0 fully saturated rings. The van der Waals surface area contributed by atoms with Crippen molar-refractivity contribution in [3.05, 3.63) is 58.4 Å². The summed E-state index contributed by atoms with van der Waals surface area (Å²) in [6.07, 6.45) is 1.84. The highest BCUT2D eigenvalue weighted by Gasteiger charge is 2.08. The molecule has 4 heteroatoms. The molecule has 0 bridgehead atoms. The van der Waals surface area contributed by atoms with Gasteiger partial charge in [0.05, 0.1) is 19.4 Å². The van der Waals surface area contributed by atoms with Crippen LogP contribution < -0.4 is 10.1 Å². The first-order valence-corrected chi connectivity index (χ1v) is 7.04. The van der Waals surface area contributed by atoms with E-state index >= 15 is 0 Å². The van der Waals surface area contributed by atoms with Crippen molar-refractivity contribution in [1.29, 1.82) is 0 Å². The standard InChI is InChI=1S/C17H22N2O2/c1-12-8-19-16(13(2)17(12)21-3)10-18-9-14-5-4-6-15(7-14)11-20/h4-8,18,20H,9-11H2,1-3H3. The number of aryl methyl sites for hydroxylation is 1. The zero-order valence-corrected chi connectivity index (χ0v) is 12.8. The number of benzene rings is 1. The normalized spacial score (nSPS) is 10.7. The second-order valence-electron chi connectivity index (χ2n) is 5.13. The molecule has 0 spiro atoms. The minimum Gasteiger partial charge on any atom is -0.496 e. The summed E-state index contributed by atoms with van der Waals surface area (Å²) in [5.41, 5.74) is 5.21. The smallest absolute Gasteiger partial charge is 0.128 e. The molecule has 0 aliphatic heterocycles. The van der Waals surface area contributed by atoms with Crippen LogP contribution in [0.3, 0.4) is 0 Å². The summed E-state index contributed by atoms with van der Waals surface area (Å²) in [5.74, 6) is 0.907. The lowest BCUT2D eigenvalue weighted by molar-refractivity contribution is 0.281. The van der Waals surface area contributed by atoms with Crippen molar-refractivity contribution in [1.82, 2.24) is 10.3 Å². The van der Waals surface area contributed by atoms with Crippen LogP contribution in [0.4, 0.5) is 0 Å². The third-order valence-corrected chi connectivity index (χ3v) is 3.55. The summed E-state index contributed by atoms with van der Waals surface area (Å²) in [7, 11) is 1.69. The summed E-state index contributed by atoms with van der Waals surface area (Å²) < 4.78 is 5.42. The van der Waals surface area contributed by atoms with Crippen molar-refractivity contribution in [2.75, 3.05) is 7.11 Å². The van der Waals surface area contributed by atoms with E-state index in [0.717, 1.165) is 40.2 Å². The maximum Gasteiger partial charge on any atom is 0.128 e. The molecule has 0 aliphatic carbocycles. The minimum atomic E-state index is 0.0731. The molecule has 1 aromatic carbocycles. The monoisotopic (exact) mass is 286 g/mol. The Hall–Kier alpha value is -1.91. The molecule has 21 heavy (non-hydrogen) atoms. The fourth-order valence-corrected chi connectivity index (χ4v) is 2.41. The fraction of sp³-hybridized carbons (Fsp3) is 0.353. The molecule has 1 heterocycles. The zero-order valence-electron chi connectivity index (χ0n) is 12.8. The number of ether oxygens (including phenoxy) is 1. The first-order valence-electron chi connectivity index (χ1n) is 7.04. The molecule has 112 valence electrons. The van der Waals surface area contributed by atoms with Crippen LogP contribution in [0.2, 0.25) is 0 Å². The van der Waals surface area contributed by atoms with Gasteiger partial charge in [-0.05, 0) is 25.0 Å². The number of aliphatic hydroxyl groups excluding tert-OH is 1. The summed E-state index contributed by atoms with van der Waals surface area (Å²) in [6.45, 7) is 5.53. The lowest BCUT2D eigenvalue weighted by atomic mass is 10.1. The number of aromatic nitrogens is 1. The minimum absolute atomic E-state index is 0.0731. The van der Waals surface area contributed by atoms with Crippen LogP contribution in [0.15, 0.2) is 30.5 Å². The second kappa shape index (κ2) is 7.20. The lowest BCUT2D eigenvalue weighted by Crippen LogP contribution is -2.15. The molecule has 0 saturated carbocycles. The number of hydrogen-bond donors (Lipinski definition) is 2. The molecule has 0 atom stereocenters. The maximum atomic E-state index is 9.14. The number of methoxy groups -OCH3 is 1. The second-order valence-corrected chi connectivity index (χ2v) is 5.13. The topological polar surface area (TPSA) is 54.4 Å². The predicted octanol–water partition coefficient (Wildman–Crippen LogP) is 2.49. The van der Waals surface area contributed by atoms with Crippen LogP contribution in [0.1, 0.15) is 27.9 Å². The van der Waals surface area contributed by atoms with Gasteiger partial charge in [-0.1, -0.05) is 24.3 Å². The maximum absolute atomic E-state index is 9.14. The van der Waals surface area contributed by atoms with Crippen molar-refractivity contribution in [3.63, 3.8) is 0 Å². The van der Waals surface area contributed by atoms with Gasteiger partial charge < -0.3 is 15.2 Å². The summed E-state index contributed by atoms with van der Waals surface area (Å²) in [4.78, 5) is 4.47. The van der Waals surface area contributed by atoms with Crippen molar-refractivity contribution in [2.45, 2.75) is 33.5 Å². The van der Waals surface area contributed by atoms with Crippen LogP contribution in [-0.2, 0) is 19.7 Å². The van der Waals surface area contributed by atoms with Gasteiger partial charge in [0.1, 0.15) is 5.75 Å². The van der Waals surface area contributed by atoms with Crippen LogP contribution in [0.5, 0.6) is 5.75 Å². The van der Waals surface area contributed by atoms with Crippen LogP contribution in [0, 0.1) is 13.8 Å². The van der Waals surface area contributed by atoms with Crippen LogP contribution in [-0.4, -0.2) is 17.2 Å². The van der Waals surface area contributed by atoms with E-state index in [0.29, 0.717) is 6.54 Å². The molecule has 0 unspecified atom stereocenters. The van der Waals surface area contributed by atoms with E-state index in [9.17, 15) is 0 Å². The fourth-order valence-electron chi connectivity index (χ4n) is 2.41. The Balaban J connectivity index is 2.00. The number of hydrogen-bond acceptors (Lipinski definition) is 4. The van der Waals surface area contributed by atoms with E-state index in [1.165, 1.54) is 0 Å². The van der Waals surface area contributed by atoms with Crippen molar-refractivity contribution in [3.8, 4) is 5.75 Å². The van der Waals surface area contributed by atoms with Crippen LogP contribution in [0.25, 0.3) is 0 Å². The quantitative estimate of drug-likeness (QED) is 0.856. The lowest BCUT2D eigenvalue weighted by Gasteiger charge is -2.13. The van der Waals surface area contributed by atoms with Gasteiger partial charge in [0.25, 0.3) is 0 Å². The van der Waals surface area contributed by atoms with E-state index < -0.39 is 0 Å². The number of pyridine rings is 1. The molecule has 1 aromatic heterocycles. The third kappa shape index (κ3) is 3.80. The van der Waals surface area contributed by atoms with Crippen molar-refractivity contribution < 1.29 is 9.84 Å². The predicted molar refractivity (Wildman–Crippen MR) is 83.2 cm³/mol. The molecule has 2 rings (SSSR count). The molecule has 0 aliphatic rings. The van der Waals surface area contributed by atoms with Gasteiger partial charge in [-0.3, -0.25) is 4.98 Å². The molecule has 0 radical (unpaired) electrons. The zero-order chi connectivity index (χ0) is 15.2. The number of nitrogens with zero attached hydrogens (tertiary/aromatic N) is 1. The van der Waals surface area contributed by atoms with E-state index in [-0.39, 0.29) is 6.61 Å². The first-order chi connectivity index (χ1) is 10.2. The first kappa shape index (κ1) is 15.5. The van der Waals surface area contributed by atoms with Gasteiger partial charge in [0.2, 0.25) is 0 Å². The highest BCUT2D eigenvalue weighted by molar-refractivity contribution is 5.41. The Morgan fingerprint density at radius 1 is 1.19 bits per heavy atom. The summed E-state index contributed by atoms with van der Waals surface area (Å²) in [5, 5.41) is 12.5. The van der Waals surface area contributed by atoms with Crippen molar-refractivity contribution >= 4 is 0 Å². The number of nitrogens with one attached hydrogen (secondary N) is 1. The molecule has 2 aromatic rings. The Kier molecular flexibility index (Phi) is 5.31. The largest absolute Gasteiger partial charge is 0.496 e. The Morgan fingerprint density at radius 3 is 2.67 bits per heavy atom. The average Bonchev–Trinajstić information content (AvgIpc) is 2.50. The SMILES string of the molecule is COc1c(C)cnc(CNCc2cccc(CO)c2)c1C. The van der Waals surface area contributed by atoms with Gasteiger partial charge in [-0.25, -0.2) is 0 Å². The third-order valence-electron chi connectivity index (χ3n) is 3.55. The van der Waals surface area contributed by atoms with Gasteiger partial charge in [0.15, 0.2) is 0 Å². The molecular formula is C17H22N2O2. The highest BCUT2D eigenvalue weighted by atomic mass is 16.5. The van der Waals surface area contributed by atoms with Gasteiger partial charge in [0, 0.05) is 30.4 Å². The highest BCUT2D eigenvalue weighted by Crippen LogP contribution is 2.23. The molecule has 0 amide bonds. The van der Waals surface area contributed by atoms with Gasteiger partial charge >= 0.3 is 0 Å². The van der Waals surface area contributed by atoms with E-state index in [2.05, 4.69) is 10.3 Å². The Labute approximate surface area is 125 Å². The summed E-state index contributed by atoms with van der Waals surface area (Å²) >= 11 is 0. The Morgan fingerprint density at radius 2 is 1.95 bits per heavy atom. The van der Waals surface area contributed by atoms with E-state index in [1.807, 2.05) is 44.3 Å². The molecule has 4 nitrogen and oxygen atoms in total. The van der Waals surface area contributed by atoms with Gasteiger partial charge in [-0.2, -0.15) is 0 Å². The van der Waals surface area contributed by atoms with Gasteiger partial charge in [-0.15, -0.1) is 0 Å². The molecule has 2 N–H and O–H groups in total. The average molecular weight is 286 g/mol. The number of rotatable bonds is 6.